The lowest BCUT2D eigenvalue weighted by atomic mass is 10.1. The Bertz CT molecular complexity index is 775. The molecule has 3 N–H and O–H groups in total. The van der Waals surface area contributed by atoms with E-state index in [1.807, 2.05) is 32.0 Å². The third-order valence-corrected chi connectivity index (χ3v) is 3.91. The Balaban J connectivity index is 1.86. The highest BCUT2D eigenvalue weighted by Crippen LogP contribution is 2.21. The molecule has 2 aromatic carbocycles. The molecule has 2 aromatic rings. The van der Waals surface area contributed by atoms with Gasteiger partial charge in [0.15, 0.2) is 0 Å². The lowest BCUT2D eigenvalue weighted by molar-refractivity contribution is -0.116. The second-order valence-electron chi connectivity index (χ2n) is 5.45. The Kier molecular flexibility index (Phi) is 5.82. The Labute approximate surface area is 145 Å². The summed E-state index contributed by atoms with van der Waals surface area (Å²) >= 11 is 5.94. The molecule has 0 spiro atoms. The zero-order chi connectivity index (χ0) is 17.7. The third kappa shape index (κ3) is 4.73. The molecule has 2 rings (SSSR count). The van der Waals surface area contributed by atoms with Crippen molar-refractivity contribution in [3.8, 4) is 5.75 Å². The number of carbonyl (C=O) groups is 2. The van der Waals surface area contributed by atoms with Gasteiger partial charge in [-0.3, -0.25) is 9.59 Å². The fraction of sp³-hybridized carbons (Fsp3) is 0.222. The van der Waals surface area contributed by atoms with Crippen LogP contribution in [-0.2, 0) is 4.79 Å². The van der Waals surface area contributed by atoms with Crippen molar-refractivity contribution in [1.29, 1.82) is 0 Å². The molecule has 0 aliphatic heterocycles. The molecular weight excluding hydrogens is 328 g/mol. The van der Waals surface area contributed by atoms with Gasteiger partial charge >= 0.3 is 0 Å². The van der Waals surface area contributed by atoms with Crippen molar-refractivity contribution < 1.29 is 14.3 Å². The molecule has 5 nitrogen and oxygen atoms in total. The first-order chi connectivity index (χ1) is 11.4. The quantitative estimate of drug-likeness (QED) is 0.840. The first kappa shape index (κ1) is 17.8. The first-order valence-electron chi connectivity index (χ1n) is 7.46. The van der Waals surface area contributed by atoms with Crippen LogP contribution in [0, 0.1) is 13.8 Å². The van der Waals surface area contributed by atoms with Crippen LogP contribution in [0.1, 0.15) is 27.9 Å². The van der Waals surface area contributed by atoms with E-state index in [0.717, 1.165) is 11.3 Å². The lowest BCUT2D eigenvalue weighted by Crippen LogP contribution is -2.16. The van der Waals surface area contributed by atoms with Gasteiger partial charge in [-0.2, -0.15) is 0 Å². The molecule has 0 aliphatic carbocycles. The molecule has 2 amide bonds. The Morgan fingerprint density at radius 2 is 1.88 bits per heavy atom. The van der Waals surface area contributed by atoms with Gasteiger partial charge in [0, 0.05) is 5.69 Å². The number of carbonyl (C=O) groups excluding carboxylic acids is 2. The molecule has 0 atom stereocenters. The van der Waals surface area contributed by atoms with Crippen LogP contribution in [0.25, 0.3) is 0 Å². The maximum absolute atomic E-state index is 11.9. The van der Waals surface area contributed by atoms with E-state index in [2.05, 4.69) is 5.32 Å². The van der Waals surface area contributed by atoms with Gasteiger partial charge in [0.05, 0.1) is 23.6 Å². The highest BCUT2D eigenvalue weighted by Gasteiger charge is 2.09. The molecule has 0 fully saturated rings. The molecule has 24 heavy (non-hydrogen) atoms. The summed E-state index contributed by atoms with van der Waals surface area (Å²) < 4.78 is 5.58. The summed E-state index contributed by atoms with van der Waals surface area (Å²) in [7, 11) is 0. The normalized spacial score (nSPS) is 10.3. The lowest BCUT2D eigenvalue weighted by Gasteiger charge is -2.09. The maximum Gasteiger partial charge on any atom is 0.250 e. The van der Waals surface area contributed by atoms with Crippen LogP contribution in [0.4, 0.5) is 5.69 Å². The Hall–Kier alpha value is -2.53. The second-order valence-corrected chi connectivity index (χ2v) is 5.86. The van der Waals surface area contributed by atoms with E-state index >= 15 is 0 Å². The Morgan fingerprint density at radius 3 is 2.50 bits per heavy atom. The molecule has 0 radical (unpaired) electrons. The Morgan fingerprint density at radius 1 is 1.12 bits per heavy atom. The molecule has 0 aromatic heterocycles. The van der Waals surface area contributed by atoms with E-state index in [-0.39, 0.29) is 29.5 Å². The van der Waals surface area contributed by atoms with E-state index in [1.54, 1.807) is 6.07 Å². The van der Waals surface area contributed by atoms with Crippen molar-refractivity contribution >= 4 is 29.1 Å². The minimum absolute atomic E-state index is 0.197. The van der Waals surface area contributed by atoms with Gasteiger partial charge in [-0.1, -0.05) is 17.7 Å². The summed E-state index contributed by atoms with van der Waals surface area (Å²) in [6.45, 7) is 4.30. The predicted molar refractivity (Wildman–Crippen MR) is 94.6 cm³/mol. The van der Waals surface area contributed by atoms with Gasteiger partial charge < -0.3 is 15.8 Å². The summed E-state index contributed by atoms with van der Waals surface area (Å²) in [5.74, 6) is -0.0823. The number of nitrogens with one attached hydrogen (secondary N) is 1. The van der Waals surface area contributed by atoms with Crippen LogP contribution in [0.15, 0.2) is 36.4 Å². The van der Waals surface area contributed by atoms with Gasteiger partial charge in [0.1, 0.15) is 5.75 Å². The fourth-order valence-corrected chi connectivity index (χ4v) is 2.36. The van der Waals surface area contributed by atoms with Crippen LogP contribution >= 0.6 is 11.6 Å². The molecule has 0 aliphatic rings. The monoisotopic (exact) mass is 346 g/mol. The van der Waals surface area contributed by atoms with Gasteiger partial charge in [-0.05, 0) is 55.3 Å². The largest absolute Gasteiger partial charge is 0.493 e. The number of primary amides is 1. The van der Waals surface area contributed by atoms with Crippen LogP contribution in [-0.4, -0.2) is 18.4 Å². The highest BCUT2D eigenvalue weighted by atomic mass is 35.5. The number of nitrogens with two attached hydrogens (primary N) is 1. The van der Waals surface area contributed by atoms with E-state index in [9.17, 15) is 9.59 Å². The number of halogens is 1. The zero-order valence-electron chi connectivity index (χ0n) is 13.6. The van der Waals surface area contributed by atoms with Crippen LogP contribution in [0.3, 0.4) is 0 Å². The third-order valence-electron chi connectivity index (χ3n) is 3.59. The van der Waals surface area contributed by atoms with Crippen molar-refractivity contribution in [3.05, 3.63) is 58.1 Å². The standard InChI is InChI=1S/C18H19ClN2O3/c1-11-3-5-14(9-12(11)2)24-8-7-17(22)21-13-4-6-15(18(20)23)16(19)10-13/h3-6,9-10H,7-8H2,1-2H3,(H2,20,23)(H,21,22). The zero-order valence-corrected chi connectivity index (χ0v) is 14.3. The van der Waals surface area contributed by atoms with E-state index in [1.165, 1.54) is 17.7 Å². The summed E-state index contributed by atoms with van der Waals surface area (Å²) in [4.78, 5) is 23.0. The molecule has 0 saturated carbocycles. The number of ether oxygens (including phenoxy) is 1. The van der Waals surface area contributed by atoms with E-state index in [0.29, 0.717) is 5.69 Å². The fourth-order valence-electron chi connectivity index (χ4n) is 2.08. The van der Waals surface area contributed by atoms with Crippen molar-refractivity contribution in [2.75, 3.05) is 11.9 Å². The van der Waals surface area contributed by atoms with Crippen LogP contribution < -0.4 is 15.8 Å². The molecule has 0 unspecified atom stereocenters. The van der Waals surface area contributed by atoms with Gasteiger partial charge in [-0.25, -0.2) is 0 Å². The predicted octanol–water partition coefficient (Wildman–Crippen LogP) is 3.46. The van der Waals surface area contributed by atoms with Crippen LogP contribution in [0.5, 0.6) is 5.75 Å². The van der Waals surface area contributed by atoms with Crippen molar-refractivity contribution in [1.82, 2.24) is 0 Å². The SMILES string of the molecule is Cc1ccc(OCCC(=O)Nc2ccc(C(N)=O)c(Cl)c2)cc1C. The van der Waals surface area contributed by atoms with Gasteiger partial charge in [0.25, 0.3) is 0 Å². The average molecular weight is 347 g/mol. The summed E-state index contributed by atoms with van der Waals surface area (Å²) in [6, 6.07) is 10.3. The summed E-state index contributed by atoms with van der Waals surface area (Å²) in [5.41, 5.74) is 8.23. The minimum atomic E-state index is -0.611. The number of rotatable bonds is 6. The number of hydrogen-bond donors (Lipinski definition) is 2. The highest BCUT2D eigenvalue weighted by molar-refractivity contribution is 6.34. The number of aryl methyl sites for hydroxylation is 2. The molecule has 0 heterocycles. The van der Waals surface area contributed by atoms with Gasteiger partial charge in [-0.15, -0.1) is 0 Å². The maximum atomic E-state index is 11.9. The smallest absolute Gasteiger partial charge is 0.250 e. The molecule has 6 heteroatoms. The number of amides is 2. The van der Waals surface area contributed by atoms with Crippen molar-refractivity contribution in [3.63, 3.8) is 0 Å². The molecule has 0 bridgehead atoms. The van der Waals surface area contributed by atoms with Gasteiger partial charge in [0.2, 0.25) is 11.8 Å². The summed E-state index contributed by atoms with van der Waals surface area (Å²) in [5, 5.41) is 2.90. The van der Waals surface area contributed by atoms with E-state index < -0.39 is 5.91 Å². The second kappa shape index (κ2) is 7.84. The number of hydrogen-bond acceptors (Lipinski definition) is 3. The van der Waals surface area contributed by atoms with Crippen LogP contribution in [0.2, 0.25) is 5.02 Å². The first-order valence-corrected chi connectivity index (χ1v) is 7.84. The van der Waals surface area contributed by atoms with Crippen molar-refractivity contribution in [2.24, 2.45) is 5.73 Å². The molecular formula is C18H19ClN2O3. The topological polar surface area (TPSA) is 81.4 Å². The molecule has 0 saturated heterocycles. The number of benzene rings is 2. The van der Waals surface area contributed by atoms with Crippen molar-refractivity contribution in [2.45, 2.75) is 20.3 Å². The van der Waals surface area contributed by atoms with E-state index in [4.69, 9.17) is 22.1 Å². The summed E-state index contributed by atoms with van der Waals surface area (Å²) in [6.07, 6.45) is 0.197. The number of anilines is 1. The minimum Gasteiger partial charge on any atom is -0.493 e. The molecule has 126 valence electrons. The average Bonchev–Trinajstić information content (AvgIpc) is 2.50.